The molecule has 17 heavy (non-hydrogen) atoms. The molecule has 0 spiro atoms. The highest BCUT2D eigenvalue weighted by Gasteiger charge is 2.16. The summed E-state index contributed by atoms with van der Waals surface area (Å²) in [6.07, 6.45) is 3.44. The lowest BCUT2D eigenvalue weighted by atomic mass is 9.99. The van der Waals surface area contributed by atoms with Crippen molar-refractivity contribution in [1.29, 1.82) is 0 Å². The molecule has 1 aromatic rings. The third kappa shape index (κ3) is 2.70. The molecule has 0 saturated carbocycles. The monoisotopic (exact) mass is 239 g/mol. The van der Waals surface area contributed by atoms with Gasteiger partial charge in [-0.05, 0) is 18.6 Å². The first-order valence-electron chi connectivity index (χ1n) is 5.33. The highest BCUT2D eigenvalue weighted by Crippen LogP contribution is 2.22. The molecule has 4 N–H and O–H groups in total. The molecule has 0 aromatic carbocycles. The average molecular weight is 239 g/mol. The molecule has 0 aliphatic heterocycles. The maximum atomic E-state index is 9.32. The Kier molecular flexibility index (Phi) is 5.24. The second-order valence-electron chi connectivity index (χ2n) is 3.51. The number of nitrogens with zero attached hydrogens (tertiary/aromatic N) is 1. The fourth-order valence-corrected chi connectivity index (χ4v) is 1.77. The van der Waals surface area contributed by atoms with Crippen molar-refractivity contribution in [3.8, 4) is 0 Å². The maximum absolute atomic E-state index is 9.32. The minimum absolute atomic E-state index is 0.277. The molecular weight excluding hydrogens is 222 g/mol. The molecule has 0 aliphatic carbocycles. The molecule has 0 radical (unpaired) electrons. The number of rotatable bonds is 5. The van der Waals surface area contributed by atoms with Gasteiger partial charge in [0.15, 0.2) is 0 Å². The summed E-state index contributed by atoms with van der Waals surface area (Å²) < 4.78 is 0. The Morgan fingerprint density at radius 3 is 1.88 bits per heavy atom. The molecule has 0 bridgehead atoms. The van der Waals surface area contributed by atoms with Crippen LogP contribution >= 0.6 is 0 Å². The molecule has 94 valence electrons. The van der Waals surface area contributed by atoms with Crippen LogP contribution in [0.2, 0.25) is 0 Å². The Labute approximate surface area is 99.7 Å². The lowest BCUT2D eigenvalue weighted by Crippen LogP contribution is -2.10. The van der Waals surface area contributed by atoms with E-state index >= 15 is 0 Å². The van der Waals surface area contributed by atoms with E-state index in [1.165, 1.54) is 0 Å². The minimum atomic E-state index is -0.331. The molecule has 0 aliphatic rings. The summed E-state index contributed by atoms with van der Waals surface area (Å²) in [6, 6.07) is 0. The van der Waals surface area contributed by atoms with Crippen LogP contribution in [0.4, 0.5) is 0 Å². The zero-order chi connectivity index (χ0) is 12.8. The average Bonchev–Trinajstić information content (AvgIpc) is 2.37. The second-order valence-corrected chi connectivity index (χ2v) is 3.51. The molecule has 1 heterocycles. The molecule has 0 atom stereocenters. The maximum Gasteiger partial charge on any atom is 0.0857 e. The van der Waals surface area contributed by atoms with E-state index in [0.29, 0.717) is 28.1 Å². The van der Waals surface area contributed by atoms with E-state index in [1.54, 1.807) is 19.1 Å². The van der Waals surface area contributed by atoms with Crippen LogP contribution in [0, 0.1) is 0 Å². The highest BCUT2D eigenvalue weighted by atomic mass is 16.3. The predicted octanol–water partition coefficient (Wildman–Crippen LogP) is 0.0839. The van der Waals surface area contributed by atoms with E-state index < -0.39 is 0 Å². The minimum Gasteiger partial charge on any atom is -0.392 e. The van der Waals surface area contributed by atoms with E-state index in [1.807, 2.05) is 0 Å². The van der Waals surface area contributed by atoms with Crippen LogP contribution in [-0.4, -0.2) is 25.4 Å². The molecule has 0 saturated heterocycles. The summed E-state index contributed by atoms with van der Waals surface area (Å²) in [7, 11) is 0. The smallest absolute Gasteiger partial charge is 0.0857 e. The van der Waals surface area contributed by atoms with Crippen molar-refractivity contribution in [3.63, 3.8) is 0 Å². The van der Waals surface area contributed by atoms with E-state index in [0.717, 1.165) is 0 Å². The van der Waals surface area contributed by atoms with Crippen LogP contribution in [-0.2, 0) is 26.4 Å². The van der Waals surface area contributed by atoms with E-state index in [9.17, 15) is 20.4 Å². The van der Waals surface area contributed by atoms with Crippen LogP contribution < -0.4 is 0 Å². The third-order valence-electron chi connectivity index (χ3n) is 2.59. The van der Waals surface area contributed by atoms with Gasteiger partial charge in [0.2, 0.25) is 0 Å². The topological polar surface area (TPSA) is 93.8 Å². The zero-order valence-corrected chi connectivity index (χ0v) is 9.72. The lowest BCUT2D eigenvalue weighted by molar-refractivity contribution is 0.236. The van der Waals surface area contributed by atoms with Gasteiger partial charge in [-0.2, -0.15) is 0 Å². The first-order valence-corrected chi connectivity index (χ1v) is 5.33. The van der Waals surface area contributed by atoms with Gasteiger partial charge in [-0.3, -0.25) is 4.98 Å². The fourth-order valence-electron chi connectivity index (χ4n) is 1.77. The van der Waals surface area contributed by atoms with Crippen molar-refractivity contribution in [1.82, 2.24) is 4.98 Å². The number of aromatic nitrogens is 1. The molecule has 1 aromatic heterocycles. The van der Waals surface area contributed by atoms with E-state index in [2.05, 4.69) is 4.98 Å². The van der Waals surface area contributed by atoms with Crippen molar-refractivity contribution in [3.05, 3.63) is 34.2 Å². The first-order chi connectivity index (χ1) is 8.23. The number of allylic oxidation sites excluding steroid dienone is 1. The van der Waals surface area contributed by atoms with E-state index in [4.69, 9.17) is 0 Å². The van der Waals surface area contributed by atoms with Crippen molar-refractivity contribution in [2.45, 2.75) is 33.4 Å². The molecule has 0 fully saturated rings. The Bertz CT molecular complexity index is 415. The van der Waals surface area contributed by atoms with Gasteiger partial charge in [-0.15, -0.1) is 0 Å². The largest absolute Gasteiger partial charge is 0.392 e. The first kappa shape index (κ1) is 13.8. The van der Waals surface area contributed by atoms with Gasteiger partial charge >= 0.3 is 0 Å². The van der Waals surface area contributed by atoms with Gasteiger partial charge in [0, 0.05) is 11.1 Å². The number of hydrogen-bond donors (Lipinski definition) is 4. The predicted molar refractivity (Wildman–Crippen MR) is 62.6 cm³/mol. The Morgan fingerprint density at radius 2 is 1.47 bits per heavy atom. The van der Waals surface area contributed by atoms with Crippen LogP contribution in [0.3, 0.4) is 0 Å². The molecular formula is C12H17NO4. The second kappa shape index (κ2) is 6.46. The highest BCUT2D eigenvalue weighted by molar-refractivity contribution is 5.54. The molecule has 5 heteroatoms. The molecule has 0 amide bonds. The summed E-state index contributed by atoms with van der Waals surface area (Å²) in [5.41, 5.74) is 2.11. The Morgan fingerprint density at radius 1 is 0.882 bits per heavy atom. The Hall–Kier alpha value is -1.27. The summed E-state index contributed by atoms with van der Waals surface area (Å²) in [4.78, 5) is 4.16. The van der Waals surface area contributed by atoms with Crippen LogP contribution in [0.5, 0.6) is 0 Å². The van der Waals surface area contributed by atoms with Gasteiger partial charge in [-0.25, -0.2) is 0 Å². The number of hydrogen-bond acceptors (Lipinski definition) is 5. The Balaban J connectivity index is 3.54. The third-order valence-corrected chi connectivity index (χ3v) is 2.59. The summed E-state index contributed by atoms with van der Waals surface area (Å²) >= 11 is 0. The van der Waals surface area contributed by atoms with Gasteiger partial charge < -0.3 is 20.4 Å². The van der Waals surface area contributed by atoms with Crippen LogP contribution in [0.15, 0.2) is 6.08 Å². The van der Waals surface area contributed by atoms with Gasteiger partial charge in [0.05, 0.1) is 37.8 Å². The number of aliphatic hydroxyl groups is 4. The number of aliphatic hydroxyl groups excluding tert-OH is 4. The van der Waals surface area contributed by atoms with Gasteiger partial charge in [0.1, 0.15) is 0 Å². The van der Waals surface area contributed by atoms with Crippen LogP contribution in [0.1, 0.15) is 35.0 Å². The fraction of sp³-hybridized carbons (Fsp3) is 0.417. The lowest BCUT2D eigenvalue weighted by Gasteiger charge is -2.16. The van der Waals surface area contributed by atoms with Crippen molar-refractivity contribution < 1.29 is 20.4 Å². The quantitative estimate of drug-likeness (QED) is 0.584. The molecule has 1 rings (SSSR count). The SMILES string of the molecule is C/C=C/c1nc(CO)c(CO)c(CO)c1CO. The normalized spacial score (nSPS) is 11.4. The van der Waals surface area contributed by atoms with Crippen LogP contribution in [0.25, 0.3) is 6.08 Å². The summed E-state index contributed by atoms with van der Waals surface area (Å²) in [5, 5.41) is 37.1. The molecule has 5 nitrogen and oxygen atoms in total. The molecule has 0 unspecified atom stereocenters. The summed E-state index contributed by atoms with van der Waals surface area (Å²) in [5.74, 6) is 0. The van der Waals surface area contributed by atoms with Crippen molar-refractivity contribution in [2.24, 2.45) is 0 Å². The van der Waals surface area contributed by atoms with E-state index in [-0.39, 0.29) is 26.4 Å². The van der Waals surface area contributed by atoms with Gasteiger partial charge in [-0.1, -0.05) is 6.08 Å². The van der Waals surface area contributed by atoms with Crippen molar-refractivity contribution >= 4 is 6.08 Å². The number of pyridine rings is 1. The zero-order valence-electron chi connectivity index (χ0n) is 9.72. The summed E-state index contributed by atoms with van der Waals surface area (Å²) in [6.45, 7) is 0.564. The van der Waals surface area contributed by atoms with Crippen molar-refractivity contribution in [2.75, 3.05) is 0 Å². The van der Waals surface area contributed by atoms with Gasteiger partial charge in [0.25, 0.3) is 0 Å². The standard InChI is InChI=1S/C12H17NO4/c1-2-3-11-9(5-15)8(4-14)10(6-16)12(7-17)13-11/h2-3,14-17H,4-7H2,1H3/b3-2+.